The Hall–Kier alpha value is -2.80. The van der Waals surface area contributed by atoms with Crippen LogP contribution in [0.25, 0.3) is 0 Å². The third kappa shape index (κ3) is 6.13. The van der Waals surface area contributed by atoms with Crippen LogP contribution in [0.5, 0.6) is 5.75 Å². The predicted molar refractivity (Wildman–Crippen MR) is 164 cm³/mol. The molecule has 0 amide bonds. The van der Waals surface area contributed by atoms with Gasteiger partial charge in [0, 0.05) is 52.9 Å². The van der Waals surface area contributed by atoms with Crippen molar-refractivity contribution in [2.24, 2.45) is 10.8 Å². The molecule has 0 spiro atoms. The predicted octanol–water partition coefficient (Wildman–Crippen LogP) is 8.39. The number of ether oxygens (including phenoxy) is 1. The Morgan fingerprint density at radius 2 is 1.45 bits per heavy atom. The van der Waals surface area contributed by atoms with Gasteiger partial charge in [0.1, 0.15) is 6.61 Å². The van der Waals surface area contributed by atoms with Crippen LogP contribution in [0.3, 0.4) is 0 Å². The van der Waals surface area contributed by atoms with E-state index >= 15 is 0 Å². The number of carbonyl (C=O) groups is 3. The van der Waals surface area contributed by atoms with E-state index < -0.39 is 11.9 Å². The summed E-state index contributed by atoms with van der Waals surface area (Å²) in [5, 5.41) is 10.7. The van der Waals surface area contributed by atoms with Crippen LogP contribution in [0.2, 0.25) is 15.1 Å². The molecular formula is C33H34Cl3NO5. The molecule has 1 heterocycles. The summed E-state index contributed by atoms with van der Waals surface area (Å²) in [6, 6.07) is 10.7. The van der Waals surface area contributed by atoms with Crippen LogP contribution < -0.4 is 4.74 Å². The first-order valence-corrected chi connectivity index (χ1v) is 15.2. The van der Waals surface area contributed by atoms with Crippen molar-refractivity contribution in [1.29, 1.82) is 0 Å². The minimum atomic E-state index is -0.934. The molecule has 3 aliphatic rings. The van der Waals surface area contributed by atoms with E-state index in [0.717, 1.165) is 17.0 Å². The molecule has 2 aliphatic carbocycles. The van der Waals surface area contributed by atoms with Crippen LogP contribution in [0.4, 0.5) is 0 Å². The number of nitrogens with zero attached hydrogens (tertiary/aromatic N) is 1. The zero-order valence-corrected chi connectivity index (χ0v) is 26.4. The van der Waals surface area contributed by atoms with Crippen molar-refractivity contribution in [3.8, 4) is 5.75 Å². The average molecular weight is 631 g/mol. The maximum Gasteiger partial charge on any atom is 0.305 e. The Labute approximate surface area is 261 Å². The van der Waals surface area contributed by atoms with Gasteiger partial charge in [-0.05, 0) is 59.1 Å². The summed E-state index contributed by atoms with van der Waals surface area (Å²) in [6.45, 7) is 8.55. The van der Waals surface area contributed by atoms with Gasteiger partial charge < -0.3 is 14.7 Å². The number of allylic oxidation sites excluding steroid dienone is 4. The highest BCUT2D eigenvalue weighted by molar-refractivity contribution is 6.37. The number of rotatable bonds is 7. The van der Waals surface area contributed by atoms with E-state index in [1.807, 2.05) is 44.7 Å². The molecule has 0 unspecified atom stereocenters. The van der Waals surface area contributed by atoms with Gasteiger partial charge in [-0.25, -0.2) is 0 Å². The Kier molecular flexibility index (Phi) is 8.29. The van der Waals surface area contributed by atoms with E-state index in [4.69, 9.17) is 39.5 Å². The van der Waals surface area contributed by atoms with Gasteiger partial charge in [-0.2, -0.15) is 0 Å². The third-order valence-electron chi connectivity index (χ3n) is 8.20. The fourth-order valence-corrected chi connectivity index (χ4v) is 7.35. The number of benzene rings is 2. The van der Waals surface area contributed by atoms with Crippen molar-refractivity contribution < 1.29 is 24.2 Å². The zero-order valence-electron chi connectivity index (χ0n) is 24.2. The minimum Gasteiger partial charge on any atom is -0.486 e. The van der Waals surface area contributed by atoms with E-state index in [1.54, 1.807) is 24.3 Å². The van der Waals surface area contributed by atoms with Crippen molar-refractivity contribution in [3.05, 3.63) is 85.1 Å². The molecule has 1 aliphatic heterocycles. The number of carboxylic acids is 1. The van der Waals surface area contributed by atoms with E-state index in [2.05, 4.69) is 0 Å². The molecule has 222 valence electrons. The van der Waals surface area contributed by atoms with Crippen LogP contribution >= 0.6 is 34.8 Å². The highest BCUT2D eigenvalue weighted by atomic mass is 35.5. The number of ketones is 2. The number of carbonyl (C=O) groups excluding carboxylic acids is 2. The molecule has 5 rings (SSSR count). The van der Waals surface area contributed by atoms with Crippen LogP contribution in [0.15, 0.2) is 58.9 Å². The lowest BCUT2D eigenvalue weighted by Crippen LogP contribution is -2.45. The summed E-state index contributed by atoms with van der Waals surface area (Å²) in [6.07, 6.45) is 1.69. The molecule has 0 atom stereocenters. The fraction of sp³-hybridized carbons (Fsp3) is 0.424. The minimum absolute atomic E-state index is 0.0516. The van der Waals surface area contributed by atoms with Gasteiger partial charge in [-0.15, -0.1) is 0 Å². The first-order valence-electron chi connectivity index (χ1n) is 14.0. The Morgan fingerprint density at radius 3 is 1.95 bits per heavy atom. The standard InChI is InChI=1S/C33H34Cl3NO5/c1-32(2)13-23-29(25(38)15-32)28(30-24(37(23)9-8-27(40)41)14-33(3,4)16-26(30)39)19-11-21(35)31(22(36)12-19)42-17-18-6-5-7-20(34)10-18/h5-7,10-12,28H,8-9,13-17H2,1-4H3,(H,40,41). The van der Waals surface area contributed by atoms with Crippen LogP contribution in [0.1, 0.15) is 76.8 Å². The normalized spacial score (nSPS) is 20.0. The van der Waals surface area contributed by atoms with Crippen molar-refractivity contribution in [1.82, 2.24) is 4.90 Å². The van der Waals surface area contributed by atoms with Gasteiger partial charge in [0.05, 0.1) is 16.5 Å². The van der Waals surface area contributed by atoms with Gasteiger partial charge in [0.15, 0.2) is 17.3 Å². The van der Waals surface area contributed by atoms with Crippen LogP contribution in [0, 0.1) is 10.8 Å². The maximum absolute atomic E-state index is 13.9. The average Bonchev–Trinajstić information content (AvgIpc) is 2.85. The SMILES string of the molecule is CC1(C)CC(=O)C2=C(C1)N(CCC(=O)O)C1=C(C(=O)CC(C)(C)C1)C2c1cc(Cl)c(OCc2cccc(Cl)c2)c(Cl)c1. The Balaban J connectivity index is 1.64. The summed E-state index contributed by atoms with van der Waals surface area (Å²) in [5.41, 5.74) is 3.50. The third-order valence-corrected chi connectivity index (χ3v) is 8.99. The molecule has 42 heavy (non-hydrogen) atoms. The summed E-state index contributed by atoms with van der Waals surface area (Å²) >= 11 is 19.6. The molecule has 2 aromatic rings. The molecule has 0 aromatic heterocycles. The summed E-state index contributed by atoms with van der Waals surface area (Å²) in [5.74, 6) is -1.39. The summed E-state index contributed by atoms with van der Waals surface area (Å²) in [4.78, 5) is 41.4. The molecular weight excluding hydrogens is 597 g/mol. The second kappa shape index (κ2) is 11.4. The molecule has 2 aromatic carbocycles. The van der Waals surface area contributed by atoms with Gasteiger partial charge in [0.25, 0.3) is 0 Å². The summed E-state index contributed by atoms with van der Waals surface area (Å²) < 4.78 is 5.99. The first-order chi connectivity index (χ1) is 19.7. The zero-order chi connectivity index (χ0) is 30.6. The number of aliphatic carboxylic acids is 1. The molecule has 9 heteroatoms. The van der Waals surface area contributed by atoms with E-state index in [1.165, 1.54) is 0 Å². The summed E-state index contributed by atoms with van der Waals surface area (Å²) in [7, 11) is 0. The maximum atomic E-state index is 13.9. The van der Waals surface area contributed by atoms with Crippen molar-refractivity contribution in [2.45, 2.75) is 72.3 Å². The highest BCUT2D eigenvalue weighted by Gasteiger charge is 2.49. The molecule has 1 N–H and O–H groups in total. The van der Waals surface area contributed by atoms with Crippen LogP contribution in [-0.4, -0.2) is 34.1 Å². The van der Waals surface area contributed by atoms with Crippen molar-refractivity contribution in [3.63, 3.8) is 0 Å². The number of halogens is 3. The lowest BCUT2D eigenvalue weighted by Gasteiger charge is -2.49. The monoisotopic (exact) mass is 629 g/mol. The first kappa shape index (κ1) is 30.7. The van der Waals surface area contributed by atoms with E-state index in [-0.39, 0.29) is 52.0 Å². The lowest BCUT2D eigenvalue weighted by atomic mass is 9.63. The Morgan fingerprint density at radius 1 is 0.905 bits per heavy atom. The van der Waals surface area contributed by atoms with Crippen molar-refractivity contribution >= 4 is 52.3 Å². The second-order valence-electron chi connectivity index (χ2n) is 13.1. The topological polar surface area (TPSA) is 83.9 Å². The molecule has 0 radical (unpaired) electrons. The quantitative estimate of drug-likeness (QED) is 0.331. The van der Waals surface area contributed by atoms with Crippen LogP contribution in [-0.2, 0) is 21.0 Å². The molecule has 0 saturated carbocycles. The smallest absolute Gasteiger partial charge is 0.305 e. The van der Waals surface area contributed by atoms with Gasteiger partial charge in [-0.3, -0.25) is 14.4 Å². The molecule has 6 nitrogen and oxygen atoms in total. The Bertz CT molecular complexity index is 1480. The largest absolute Gasteiger partial charge is 0.486 e. The van der Waals surface area contributed by atoms with E-state index in [0.29, 0.717) is 53.2 Å². The second-order valence-corrected chi connectivity index (χ2v) is 14.3. The van der Waals surface area contributed by atoms with Gasteiger partial charge >= 0.3 is 5.97 Å². The molecule has 0 saturated heterocycles. The number of hydrogen-bond acceptors (Lipinski definition) is 5. The van der Waals surface area contributed by atoms with E-state index in [9.17, 15) is 19.5 Å². The number of carboxylic acid groups (broad SMARTS) is 1. The van der Waals surface area contributed by atoms with Crippen molar-refractivity contribution in [2.75, 3.05) is 6.54 Å². The number of hydrogen-bond donors (Lipinski definition) is 1. The number of Topliss-reactive ketones (excluding diaryl/α,β-unsaturated/α-hetero) is 2. The molecule has 0 bridgehead atoms. The lowest BCUT2D eigenvalue weighted by molar-refractivity contribution is -0.137. The van der Waals surface area contributed by atoms with Gasteiger partial charge in [-0.1, -0.05) is 74.6 Å². The molecule has 0 fully saturated rings. The van der Waals surface area contributed by atoms with Gasteiger partial charge in [0.2, 0.25) is 0 Å². The highest BCUT2D eigenvalue weighted by Crippen LogP contribution is 2.55. The fourth-order valence-electron chi connectivity index (χ4n) is 6.52.